The Kier molecular flexibility index (Phi) is 7.09. The summed E-state index contributed by atoms with van der Waals surface area (Å²) in [5, 5.41) is 29.9. The molecule has 2 aromatic carbocycles. The van der Waals surface area contributed by atoms with Crippen LogP contribution in [-0.4, -0.2) is 49.3 Å². The van der Waals surface area contributed by atoms with Crippen molar-refractivity contribution >= 4 is 29.3 Å². The third-order valence-corrected chi connectivity index (χ3v) is 4.14. The number of allylic oxidation sites excluding steroid dienone is 3. The van der Waals surface area contributed by atoms with Crippen LogP contribution in [0.2, 0.25) is 0 Å². The Morgan fingerprint density at radius 2 is 1.24 bits per heavy atom. The molecule has 152 valence electrons. The van der Waals surface area contributed by atoms with Gasteiger partial charge in [-0.1, -0.05) is 24.3 Å². The number of nitrogens with zero attached hydrogens (tertiary/aromatic N) is 2. The molecule has 0 aliphatic heterocycles. The zero-order chi connectivity index (χ0) is 21.6. The quantitative estimate of drug-likeness (QED) is 0.374. The second kappa shape index (κ2) is 9.50. The van der Waals surface area contributed by atoms with E-state index in [1.807, 2.05) is 28.2 Å². The second-order valence-electron chi connectivity index (χ2n) is 6.92. The molecule has 3 N–H and O–H groups in total. The Bertz CT molecular complexity index is 973. The number of carbonyl (C=O) groups excluding carboxylic acids is 1. The fourth-order valence-corrected chi connectivity index (χ4v) is 2.65. The molecule has 0 aliphatic rings. The molecule has 0 spiro atoms. The summed E-state index contributed by atoms with van der Waals surface area (Å²) in [5.41, 5.74) is 2.72. The molecule has 0 atom stereocenters. The van der Waals surface area contributed by atoms with Gasteiger partial charge in [-0.2, -0.15) is 0 Å². The number of phenolic OH excluding ortho intramolecular Hbond substituents is 2. The van der Waals surface area contributed by atoms with Gasteiger partial charge in [0.2, 0.25) is 0 Å². The van der Waals surface area contributed by atoms with Crippen LogP contribution in [0.3, 0.4) is 0 Å². The Morgan fingerprint density at radius 1 is 0.793 bits per heavy atom. The van der Waals surface area contributed by atoms with E-state index < -0.39 is 5.78 Å². The minimum atomic E-state index is -0.394. The maximum Gasteiger partial charge on any atom is 0.182 e. The van der Waals surface area contributed by atoms with Crippen molar-refractivity contribution in [1.29, 1.82) is 0 Å². The van der Waals surface area contributed by atoms with Gasteiger partial charge in [0, 0.05) is 34.3 Å². The van der Waals surface area contributed by atoms with Crippen LogP contribution in [0.15, 0.2) is 60.4 Å². The van der Waals surface area contributed by atoms with E-state index in [-0.39, 0.29) is 17.3 Å². The normalized spacial score (nSPS) is 11.9. The summed E-state index contributed by atoms with van der Waals surface area (Å²) in [5.74, 6) is -0.353. The molecule has 0 unspecified atom stereocenters. The van der Waals surface area contributed by atoms with Gasteiger partial charge in [-0.15, -0.1) is 0 Å². The van der Waals surface area contributed by atoms with E-state index in [1.165, 1.54) is 12.2 Å². The van der Waals surface area contributed by atoms with E-state index in [2.05, 4.69) is 0 Å². The van der Waals surface area contributed by atoms with Crippen molar-refractivity contribution in [3.63, 3.8) is 0 Å². The van der Waals surface area contributed by atoms with Crippen molar-refractivity contribution in [2.24, 2.45) is 0 Å². The van der Waals surface area contributed by atoms with Crippen LogP contribution < -0.4 is 9.80 Å². The number of ketones is 1. The van der Waals surface area contributed by atoms with Gasteiger partial charge in [0.15, 0.2) is 5.78 Å². The van der Waals surface area contributed by atoms with E-state index in [1.54, 1.807) is 58.4 Å². The molecule has 0 radical (unpaired) electrons. The van der Waals surface area contributed by atoms with Crippen LogP contribution in [0.4, 0.5) is 11.4 Å². The van der Waals surface area contributed by atoms with Gasteiger partial charge in [0.05, 0.1) is 11.4 Å². The lowest BCUT2D eigenvalue weighted by Crippen LogP contribution is -2.08. The molecule has 0 aliphatic carbocycles. The number of carbonyl (C=O) groups is 1. The van der Waals surface area contributed by atoms with Crippen LogP contribution in [-0.2, 0) is 4.79 Å². The van der Waals surface area contributed by atoms with Crippen LogP contribution in [0.5, 0.6) is 11.5 Å². The molecular weight excluding hydrogens is 368 g/mol. The molecule has 6 nitrogen and oxygen atoms in total. The molecule has 2 rings (SSSR count). The van der Waals surface area contributed by atoms with Gasteiger partial charge in [-0.05, 0) is 47.5 Å². The fourth-order valence-electron chi connectivity index (χ4n) is 2.65. The van der Waals surface area contributed by atoms with Gasteiger partial charge >= 0.3 is 0 Å². The average Bonchev–Trinajstić information content (AvgIpc) is 2.64. The lowest BCUT2D eigenvalue weighted by molar-refractivity contribution is -0.110. The van der Waals surface area contributed by atoms with Crippen LogP contribution in [0, 0.1) is 0 Å². The fraction of sp³-hybridized carbons (Fsp3) is 0.174. The summed E-state index contributed by atoms with van der Waals surface area (Å²) < 4.78 is 0. The number of aliphatic hydroxyl groups excluding tert-OH is 1. The molecule has 0 bridgehead atoms. The first-order chi connectivity index (χ1) is 13.7. The smallest absolute Gasteiger partial charge is 0.182 e. The van der Waals surface area contributed by atoms with Gasteiger partial charge in [0.1, 0.15) is 17.3 Å². The minimum Gasteiger partial charge on any atom is -0.508 e. The number of benzene rings is 2. The van der Waals surface area contributed by atoms with E-state index in [0.29, 0.717) is 22.5 Å². The van der Waals surface area contributed by atoms with Crippen LogP contribution >= 0.6 is 0 Å². The number of phenols is 2. The first-order valence-corrected chi connectivity index (χ1v) is 8.99. The first-order valence-electron chi connectivity index (χ1n) is 8.99. The third kappa shape index (κ3) is 6.17. The van der Waals surface area contributed by atoms with Crippen molar-refractivity contribution in [1.82, 2.24) is 0 Å². The third-order valence-electron chi connectivity index (χ3n) is 4.14. The first kappa shape index (κ1) is 21.6. The number of hydrogen-bond acceptors (Lipinski definition) is 6. The van der Waals surface area contributed by atoms with E-state index in [0.717, 1.165) is 6.08 Å². The molecule has 0 saturated heterocycles. The monoisotopic (exact) mass is 394 g/mol. The standard InChI is InChI=1S/C23H26N2O4/c1-24(2)20-11-7-16(13-22(20)28)5-9-18(26)15-19(27)10-6-17-8-12-21(25(3)4)23(29)14-17/h5-15,26,28-29H,1-4H3/b9-5+,10-6+,18-15-. The lowest BCUT2D eigenvalue weighted by atomic mass is 10.1. The van der Waals surface area contributed by atoms with Crippen molar-refractivity contribution in [2.75, 3.05) is 38.0 Å². The second-order valence-corrected chi connectivity index (χ2v) is 6.92. The predicted molar refractivity (Wildman–Crippen MR) is 119 cm³/mol. The SMILES string of the molecule is CN(C)c1ccc(/C=C/C(=O)/C=C(O)/C=C/c2ccc(N(C)C)c(O)c2)cc1O. The van der Waals surface area contributed by atoms with Crippen molar-refractivity contribution in [2.45, 2.75) is 0 Å². The van der Waals surface area contributed by atoms with Crippen molar-refractivity contribution in [3.8, 4) is 11.5 Å². The topological polar surface area (TPSA) is 84.2 Å². The van der Waals surface area contributed by atoms with Crippen molar-refractivity contribution < 1.29 is 20.1 Å². The van der Waals surface area contributed by atoms with Gasteiger partial charge in [-0.25, -0.2) is 0 Å². The lowest BCUT2D eigenvalue weighted by Gasteiger charge is -2.14. The molecular formula is C23H26N2O4. The molecule has 0 amide bonds. The van der Waals surface area contributed by atoms with Crippen LogP contribution in [0.1, 0.15) is 11.1 Å². The van der Waals surface area contributed by atoms with Crippen LogP contribution in [0.25, 0.3) is 12.2 Å². The summed E-state index contributed by atoms with van der Waals surface area (Å²) in [7, 11) is 7.31. The van der Waals surface area contributed by atoms with Crippen molar-refractivity contribution in [3.05, 3.63) is 71.5 Å². The number of aromatic hydroxyl groups is 2. The highest BCUT2D eigenvalue weighted by Crippen LogP contribution is 2.28. The highest BCUT2D eigenvalue weighted by atomic mass is 16.3. The molecule has 2 aromatic rings. The number of aliphatic hydroxyl groups is 1. The van der Waals surface area contributed by atoms with Gasteiger partial charge in [0.25, 0.3) is 0 Å². The number of rotatable bonds is 7. The zero-order valence-corrected chi connectivity index (χ0v) is 17.0. The Hall–Kier alpha value is -3.67. The van der Waals surface area contributed by atoms with E-state index >= 15 is 0 Å². The highest BCUT2D eigenvalue weighted by molar-refractivity contribution is 6.02. The molecule has 0 saturated carbocycles. The molecule has 0 aromatic heterocycles. The summed E-state index contributed by atoms with van der Waals surface area (Å²) in [6, 6.07) is 10.2. The maximum atomic E-state index is 12.0. The summed E-state index contributed by atoms with van der Waals surface area (Å²) in [4.78, 5) is 15.6. The number of anilines is 2. The molecule has 6 heteroatoms. The molecule has 29 heavy (non-hydrogen) atoms. The summed E-state index contributed by atoms with van der Waals surface area (Å²) >= 11 is 0. The average molecular weight is 394 g/mol. The Labute approximate surface area is 170 Å². The van der Waals surface area contributed by atoms with E-state index in [4.69, 9.17) is 0 Å². The summed E-state index contributed by atoms with van der Waals surface area (Å²) in [6.07, 6.45) is 6.95. The van der Waals surface area contributed by atoms with E-state index in [9.17, 15) is 20.1 Å². The minimum absolute atomic E-state index is 0.120. The Balaban J connectivity index is 2.05. The largest absolute Gasteiger partial charge is 0.508 e. The van der Waals surface area contributed by atoms with Gasteiger partial charge < -0.3 is 25.1 Å². The predicted octanol–water partition coefficient (Wildman–Crippen LogP) is 3.97. The zero-order valence-electron chi connectivity index (χ0n) is 17.0. The van der Waals surface area contributed by atoms with Gasteiger partial charge in [-0.3, -0.25) is 4.79 Å². The summed E-state index contributed by atoms with van der Waals surface area (Å²) in [6.45, 7) is 0. The number of hydrogen-bond donors (Lipinski definition) is 3. The maximum absolute atomic E-state index is 12.0. The highest BCUT2D eigenvalue weighted by Gasteiger charge is 2.04. The Morgan fingerprint density at radius 3 is 1.66 bits per heavy atom. The molecule has 0 heterocycles. The molecule has 0 fully saturated rings.